The monoisotopic (exact) mass is 341 g/mol. The Kier molecular flexibility index (Phi) is 7.79. The van der Waals surface area contributed by atoms with Gasteiger partial charge in [0.15, 0.2) is 5.96 Å². The lowest BCUT2D eigenvalue weighted by molar-refractivity contribution is 0.172. The smallest absolute Gasteiger partial charge is 0.195 e. The lowest BCUT2D eigenvalue weighted by atomic mass is 10.1. The minimum Gasteiger partial charge on any atom is -0.493 e. The summed E-state index contributed by atoms with van der Waals surface area (Å²) in [6.07, 6.45) is 0.869. The van der Waals surface area contributed by atoms with Gasteiger partial charge in [-0.1, -0.05) is 35.9 Å². The quantitative estimate of drug-likeness (QED) is 0.438. The molecule has 0 aliphatic rings. The molecule has 0 aliphatic heterocycles. The van der Waals surface area contributed by atoms with Gasteiger partial charge in [0.05, 0.1) is 6.61 Å². The Balaban J connectivity index is 1.88. The van der Waals surface area contributed by atoms with Gasteiger partial charge in [-0.05, 0) is 24.6 Å². The van der Waals surface area contributed by atoms with Crippen molar-refractivity contribution in [3.63, 3.8) is 0 Å². The molecule has 2 aromatic rings. The molecule has 0 unspecified atom stereocenters. The molecule has 0 bridgehead atoms. The summed E-state index contributed by atoms with van der Waals surface area (Å²) < 4.78 is 10.8. The van der Waals surface area contributed by atoms with Crippen LogP contribution in [-0.2, 0) is 11.3 Å². The first-order chi connectivity index (χ1) is 12.2. The molecule has 5 heteroatoms. The summed E-state index contributed by atoms with van der Waals surface area (Å²) in [6.45, 7) is 4.15. The van der Waals surface area contributed by atoms with E-state index in [0.29, 0.717) is 19.8 Å². The zero-order valence-electron chi connectivity index (χ0n) is 15.2. The summed E-state index contributed by atoms with van der Waals surface area (Å²) >= 11 is 0. The van der Waals surface area contributed by atoms with Gasteiger partial charge in [-0.15, -0.1) is 0 Å². The third kappa shape index (κ3) is 6.85. The molecule has 0 radical (unpaired) electrons. The van der Waals surface area contributed by atoms with Crippen molar-refractivity contribution in [2.24, 2.45) is 4.99 Å². The molecule has 25 heavy (non-hydrogen) atoms. The molecule has 2 rings (SSSR count). The van der Waals surface area contributed by atoms with Gasteiger partial charge in [0, 0.05) is 45.5 Å². The highest BCUT2D eigenvalue weighted by atomic mass is 16.5. The molecule has 0 aliphatic carbocycles. The molecular weight excluding hydrogens is 314 g/mol. The van der Waals surface area contributed by atoms with Crippen molar-refractivity contribution in [1.29, 1.82) is 0 Å². The molecule has 0 saturated heterocycles. The number of anilines is 1. The van der Waals surface area contributed by atoms with Crippen molar-refractivity contribution in [1.82, 2.24) is 5.32 Å². The number of ether oxygens (including phenoxy) is 2. The van der Waals surface area contributed by atoms with Crippen molar-refractivity contribution >= 4 is 11.6 Å². The minimum absolute atomic E-state index is 0.637. The Morgan fingerprint density at radius 1 is 1.08 bits per heavy atom. The van der Waals surface area contributed by atoms with Gasteiger partial charge in [-0.25, -0.2) is 0 Å². The lowest BCUT2D eigenvalue weighted by Crippen LogP contribution is -2.30. The number of nitrogens with zero attached hydrogens (tertiary/aromatic N) is 1. The van der Waals surface area contributed by atoms with Crippen LogP contribution < -0.4 is 15.4 Å². The molecule has 0 fully saturated rings. The number of methoxy groups -OCH3 is 1. The zero-order valence-corrected chi connectivity index (χ0v) is 15.2. The Morgan fingerprint density at radius 3 is 2.68 bits per heavy atom. The summed E-state index contributed by atoms with van der Waals surface area (Å²) in [5.41, 5.74) is 3.40. The van der Waals surface area contributed by atoms with Crippen LogP contribution in [0.3, 0.4) is 0 Å². The van der Waals surface area contributed by atoms with Crippen molar-refractivity contribution in [2.75, 3.05) is 32.7 Å². The van der Waals surface area contributed by atoms with Gasteiger partial charge in [-0.3, -0.25) is 4.99 Å². The van der Waals surface area contributed by atoms with Crippen molar-refractivity contribution < 1.29 is 9.47 Å². The Morgan fingerprint density at radius 2 is 1.92 bits per heavy atom. The molecule has 5 nitrogen and oxygen atoms in total. The van der Waals surface area contributed by atoms with E-state index in [2.05, 4.69) is 46.8 Å². The Hall–Kier alpha value is -2.53. The van der Waals surface area contributed by atoms with Gasteiger partial charge >= 0.3 is 0 Å². The summed E-state index contributed by atoms with van der Waals surface area (Å²) in [5.74, 6) is 1.55. The van der Waals surface area contributed by atoms with Crippen LogP contribution in [0.25, 0.3) is 0 Å². The molecular formula is C20H27N3O2. The number of nitrogens with one attached hydrogen (secondary N) is 2. The molecule has 0 heterocycles. The molecule has 2 N–H and O–H groups in total. The highest BCUT2D eigenvalue weighted by molar-refractivity contribution is 5.93. The van der Waals surface area contributed by atoms with Crippen LogP contribution in [0.1, 0.15) is 17.5 Å². The molecule has 134 valence electrons. The standard InChI is InChI=1S/C20H27N3O2/c1-16-7-4-8-17(13-16)15-22-20(21-2)23-18-9-5-10-19(14-18)25-12-6-11-24-3/h4-5,7-10,13-14H,6,11-12,15H2,1-3H3,(H2,21,22,23). The van der Waals surface area contributed by atoms with Gasteiger partial charge in [-0.2, -0.15) is 0 Å². The van der Waals surface area contributed by atoms with Crippen LogP contribution in [0.2, 0.25) is 0 Å². The summed E-state index contributed by atoms with van der Waals surface area (Å²) in [6, 6.07) is 16.3. The van der Waals surface area contributed by atoms with E-state index < -0.39 is 0 Å². The maximum atomic E-state index is 5.73. The SMILES string of the molecule is CN=C(NCc1cccc(C)c1)Nc1cccc(OCCCOC)c1. The van der Waals surface area contributed by atoms with Crippen LogP contribution in [0, 0.1) is 6.92 Å². The van der Waals surface area contributed by atoms with Crippen LogP contribution in [0.15, 0.2) is 53.5 Å². The predicted octanol–water partition coefficient (Wildman–Crippen LogP) is 3.60. The minimum atomic E-state index is 0.637. The molecule has 0 atom stereocenters. The maximum Gasteiger partial charge on any atom is 0.195 e. The van der Waals surface area contributed by atoms with E-state index >= 15 is 0 Å². The molecule has 0 saturated carbocycles. The largest absolute Gasteiger partial charge is 0.493 e. The van der Waals surface area contributed by atoms with Crippen molar-refractivity contribution in [3.8, 4) is 5.75 Å². The van der Waals surface area contributed by atoms with E-state index in [1.165, 1.54) is 11.1 Å². The fourth-order valence-corrected chi connectivity index (χ4v) is 2.38. The first-order valence-electron chi connectivity index (χ1n) is 8.46. The van der Waals surface area contributed by atoms with Crippen molar-refractivity contribution in [3.05, 3.63) is 59.7 Å². The lowest BCUT2D eigenvalue weighted by Gasteiger charge is -2.13. The van der Waals surface area contributed by atoms with Crippen LogP contribution in [0.4, 0.5) is 5.69 Å². The highest BCUT2D eigenvalue weighted by Gasteiger charge is 2.02. The second-order valence-electron chi connectivity index (χ2n) is 5.76. The predicted molar refractivity (Wildman–Crippen MR) is 103 cm³/mol. The number of hydrogen-bond donors (Lipinski definition) is 2. The van der Waals surface area contributed by atoms with E-state index in [4.69, 9.17) is 9.47 Å². The fourth-order valence-electron chi connectivity index (χ4n) is 2.38. The van der Waals surface area contributed by atoms with Crippen molar-refractivity contribution in [2.45, 2.75) is 19.9 Å². The number of benzene rings is 2. The van der Waals surface area contributed by atoms with Crippen LogP contribution >= 0.6 is 0 Å². The number of aliphatic imine (C=N–C) groups is 1. The second-order valence-corrected chi connectivity index (χ2v) is 5.76. The van der Waals surface area contributed by atoms with E-state index in [1.54, 1.807) is 14.2 Å². The number of aryl methyl sites for hydroxylation is 1. The third-order valence-electron chi connectivity index (χ3n) is 3.62. The third-order valence-corrected chi connectivity index (χ3v) is 3.62. The van der Waals surface area contributed by atoms with Gasteiger partial charge in [0.1, 0.15) is 5.75 Å². The van der Waals surface area contributed by atoms with Gasteiger partial charge < -0.3 is 20.1 Å². The van der Waals surface area contributed by atoms with Gasteiger partial charge in [0.2, 0.25) is 0 Å². The molecule has 0 amide bonds. The summed E-state index contributed by atoms with van der Waals surface area (Å²) in [7, 11) is 3.45. The topological polar surface area (TPSA) is 54.9 Å². The average Bonchev–Trinajstić information content (AvgIpc) is 2.63. The number of hydrogen-bond acceptors (Lipinski definition) is 3. The zero-order chi connectivity index (χ0) is 17.9. The summed E-state index contributed by atoms with van der Waals surface area (Å²) in [4.78, 5) is 4.27. The normalized spacial score (nSPS) is 11.2. The average molecular weight is 341 g/mol. The van der Waals surface area contributed by atoms with E-state index in [1.807, 2.05) is 24.3 Å². The molecule has 0 spiro atoms. The number of guanidine groups is 1. The van der Waals surface area contributed by atoms with Crippen LogP contribution in [-0.4, -0.2) is 33.3 Å². The Bertz CT molecular complexity index is 686. The first-order valence-corrected chi connectivity index (χ1v) is 8.46. The Labute approximate surface area is 150 Å². The molecule has 0 aromatic heterocycles. The highest BCUT2D eigenvalue weighted by Crippen LogP contribution is 2.17. The van der Waals surface area contributed by atoms with Gasteiger partial charge in [0.25, 0.3) is 0 Å². The first kappa shape index (κ1) is 18.8. The molecule has 2 aromatic carbocycles. The van der Waals surface area contributed by atoms with E-state index in [9.17, 15) is 0 Å². The maximum absolute atomic E-state index is 5.73. The second kappa shape index (κ2) is 10.4. The fraction of sp³-hybridized carbons (Fsp3) is 0.350. The van der Waals surface area contributed by atoms with E-state index in [0.717, 1.165) is 23.8 Å². The summed E-state index contributed by atoms with van der Waals surface area (Å²) in [5, 5.41) is 6.61. The number of rotatable bonds is 8. The van der Waals surface area contributed by atoms with E-state index in [-0.39, 0.29) is 0 Å². The van der Waals surface area contributed by atoms with Crippen LogP contribution in [0.5, 0.6) is 5.75 Å².